The van der Waals surface area contributed by atoms with E-state index in [-0.39, 0.29) is 5.56 Å². The number of imidazole rings is 1. The van der Waals surface area contributed by atoms with Crippen molar-refractivity contribution < 1.29 is 0 Å². The number of aromatic nitrogens is 4. The van der Waals surface area contributed by atoms with E-state index in [0.29, 0.717) is 23.7 Å². The predicted octanol–water partition coefficient (Wildman–Crippen LogP) is 1.23. The van der Waals surface area contributed by atoms with Crippen LogP contribution in [0.4, 0.5) is 5.95 Å². The summed E-state index contributed by atoms with van der Waals surface area (Å²) >= 11 is 0. The van der Waals surface area contributed by atoms with E-state index in [1.54, 1.807) is 11.2 Å². The van der Waals surface area contributed by atoms with Crippen LogP contribution in [0.15, 0.2) is 41.5 Å². The number of anilines is 1. The molecule has 2 aromatic heterocycles. The van der Waals surface area contributed by atoms with Crippen LogP contribution < -0.4 is 10.5 Å². The number of H-pyrrole nitrogens is 1. The smallest absolute Gasteiger partial charge is 0.280 e. The van der Waals surface area contributed by atoms with E-state index in [9.17, 15) is 4.79 Å². The van der Waals surface area contributed by atoms with E-state index >= 15 is 0 Å². The molecule has 0 unspecified atom stereocenters. The van der Waals surface area contributed by atoms with E-state index in [0.717, 1.165) is 5.56 Å². The Hall–Kier alpha value is -2.63. The molecule has 3 rings (SSSR count). The highest BCUT2D eigenvalue weighted by molar-refractivity contribution is 5.71. The molecule has 1 N–H and O–H groups in total. The molecule has 0 saturated heterocycles. The second kappa shape index (κ2) is 4.80. The molecule has 1 aromatic carbocycles. The lowest BCUT2D eigenvalue weighted by atomic mass is 10.2. The average molecular weight is 269 g/mol. The van der Waals surface area contributed by atoms with Crippen molar-refractivity contribution in [3.05, 3.63) is 52.6 Å². The van der Waals surface area contributed by atoms with Gasteiger partial charge in [0.05, 0.1) is 12.9 Å². The van der Waals surface area contributed by atoms with Gasteiger partial charge in [-0.05, 0) is 5.56 Å². The third-order valence-corrected chi connectivity index (χ3v) is 3.08. The molecule has 20 heavy (non-hydrogen) atoms. The van der Waals surface area contributed by atoms with Crippen LogP contribution in [0.5, 0.6) is 0 Å². The van der Waals surface area contributed by atoms with Crippen molar-refractivity contribution in [2.24, 2.45) is 0 Å². The highest BCUT2D eigenvalue weighted by Gasteiger charge is 2.11. The molecule has 6 nitrogen and oxygen atoms in total. The van der Waals surface area contributed by atoms with Gasteiger partial charge in [-0.1, -0.05) is 30.3 Å². The van der Waals surface area contributed by atoms with Crippen LogP contribution in [0.3, 0.4) is 0 Å². The van der Waals surface area contributed by atoms with Crippen LogP contribution in [0.1, 0.15) is 5.56 Å². The Bertz CT molecular complexity index is 788. The second-order valence-corrected chi connectivity index (χ2v) is 4.81. The summed E-state index contributed by atoms with van der Waals surface area (Å²) in [5.74, 6) is 0.525. The Morgan fingerprint density at radius 1 is 1.25 bits per heavy atom. The van der Waals surface area contributed by atoms with E-state index in [1.165, 1.54) is 0 Å². The van der Waals surface area contributed by atoms with Gasteiger partial charge in [0.1, 0.15) is 0 Å². The maximum Gasteiger partial charge on any atom is 0.280 e. The fraction of sp³-hybridized carbons (Fsp3) is 0.214. The van der Waals surface area contributed by atoms with Crippen LogP contribution >= 0.6 is 0 Å². The van der Waals surface area contributed by atoms with E-state index in [4.69, 9.17) is 0 Å². The summed E-state index contributed by atoms with van der Waals surface area (Å²) in [4.78, 5) is 25.1. The lowest BCUT2D eigenvalue weighted by Crippen LogP contribution is -2.19. The molecule has 0 spiro atoms. The Kier molecular flexibility index (Phi) is 2.98. The maximum absolute atomic E-state index is 12.0. The third-order valence-electron chi connectivity index (χ3n) is 3.08. The molecule has 0 fully saturated rings. The minimum absolute atomic E-state index is 0.217. The molecule has 3 aromatic rings. The summed E-state index contributed by atoms with van der Waals surface area (Å²) in [5.41, 5.74) is 1.89. The first-order valence-corrected chi connectivity index (χ1v) is 6.31. The van der Waals surface area contributed by atoms with Gasteiger partial charge in [-0.3, -0.25) is 9.78 Å². The van der Waals surface area contributed by atoms with Crippen LogP contribution in [-0.2, 0) is 6.54 Å². The topological polar surface area (TPSA) is 66.8 Å². The van der Waals surface area contributed by atoms with Gasteiger partial charge in [0, 0.05) is 14.1 Å². The molecule has 0 aliphatic heterocycles. The van der Waals surface area contributed by atoms with E-state index < -0.39 is 0 Å². The van der Waals surface area contributed by atoms with Crippen molar-refractivity contribution >= 4 is 17.1 Å². The van der Waals surface area contributed by atoms with Crippen molar-refractivity contribution in [2.45, 2.75) is 6.54 Å². The highest BCUT2D eigenvalue weighted by Crippen LogP contribution is 2.11. The summed E-state index contributed by atoms with van der Waals surface area (Å²) in [6.45, 7) is 0.640. The molecule has 2 heterocycles. The van der Waals surface area contributed by atoms with Gasteiger partial charge in [-0.15, -0.1) is 0 Å². The van der Waals surface area contributed by atoms with E-state index in [2.05, 4.69) is 15.0 Å². The van der Waals surface area contributed by atoms with Gasteiger partial charge < -0.3 is 9.47 Å². The van der Waals surface area contributed by atoms with Gasteiger partial charge in [-0.25, -0.2) is 4.98 Å². The minimum atomic E-state index is -0.217. The number of aromatic amines is 1. The lowest BCUT2D eigenvalue weighted by Gasteiger charge is -2.10. The predicted molar refractivity (Wildman–Crippen MR) is 78.0 cm³/mol. The number of nitrogens with zero attached hydrogens (tertiary/aromatic N) is 4. The maximum atomic E-state index is 12.0. The molecule has 0 amide bonds. The number of nitrogens with one attached hydrogen (secondary N) is 1. The molecule has 0 aliphatic rings. The van der Waals surface area contributed by atoms with Crippen LogP contribution in [0.2, 0.25) is 0 Å². The Morgan fingerprint density at radius 3 is 2.70 bits per heavy atom. The first kappa shape index (κ1) is 12.4. The zero-order chi connectivity index (χ0) is 14.1. The molecule has 102 valence electrons. The first-order chi connectivity index (χ1) is 9.65. The van der Waals surface area contributed by atoms with Gasteiger partial charge in [0.25, 0.3) is 5.56 Å². The van der Waals surface area contributed by atoms with Gasteiger partial charge in [-0.2, -0.15) is 4.98 Å². The van der Waals surface area contributed by atoms with Crippen molar-refractivity contribution in [1.29, 1.82) is 0 Å². The number of hydrogen-bond acceptors (Lipinski definition) is 4. The average Bonchev–Trinajstić information content (AvgIpc) is 2.84. The largest absolute Gasteiger partial charge is 0.348 e. The lowest BCUT2D eigenvalue weighted by molar-refractivity contribution is 0.811. The number of rotatable bonds is 3. The van der Waals surface area contributed by atoms with Gasteiger partial charge in [0.2, 0.25) is 5.95 Å². The summed E-state index contributed by atoms with van der Waals surface area (Å²) < 4.78 is 1.88. The summed E-state index contributed by atoms with van der Waals surface area (Å²) in [6.07, 6.45) is 1.65. The summed E-state index contributed by atoms with van der Waals surface area (Å²) in [6, 6.07) is 10.0. The fourth-order valence-electron chi connectivity index (χ4n) is 2.05. The second-order valence-electron chi connectivity index (χ2n) is 4.81. The molecule has 0 aliphatic carbocycles. The van der Waals surface area contributed by atoms with Crippen molar-refractivity contribution in [1.82, 2.24) is 19.5 Å². The number of fused-ring (bicyclic) bond motifs is 1. The zero-order valence-corrected chi connectivity index (χ0v) is 11.4. The van der Waals surface area contributed by atoms with Crippen LogP contribution in [0, 0.1) is 0 Å². The first-order valence-electron chi connectivity index (χ1n) is 6.31. The highest BCUT2D eigenvalue weighted by atomic mass is 16.1. The van der Waals surface area contributed by atoms with E-state index in [1.807, 2.05) is 49.0 Å². The summed E-state index contributed by atoms with van der Waals surface area (Å²) in [7, 11) is 3.67. The van der Waals surface area contributed by atoms with Gasteiger partial charge in [0.15, 0.2) is 11.2 Å². The molecular weight excluding hydrogens is 254 g/mol. The normalized spacial score (nSPS) is 10.9. The molecule has 0 bridgehead atoms. The van der Waals surface area contributed by atoms with Gasteiger partial charge >= 0.3 is 0 Å². The van der Waals surface area contributed by atoms with Crippen molar-refractivity contribution in [2.75, 3.05) is 19.0 Å². The third kappa shape index (κ3) is 2.16. The quantitative estimate of drug-likeness (QED) is 0.776. The SMILES string of the molecule is CN(C)c1nc2c(ncn2Cc2ccccc2)c(=O)[nH]1. The molecule has 0 radical (unpaired) electrons. The van der Waals surface area contributed by atoms with Crippen LogP contribution in [-0.4, -0.2) is 33.6 Å². The number of benzene rings is 1. The molecule has 0 atom stereocenters. The van der Waals surface area contributed by atoms with Crippen molar-refractivity contribution in [3.8, 4) is 0 Å². The van der Waals surface area contributed by atoms with Crippen LogP contribution in [0.25, 0.3) is 11.2 Å². The Morgan fingerprint density at radius 2 is 2.00 bits per heavy atom. The van der Waals surface area contributed by atoms with Crippen molar-refractivity contribution in [3.63, 3.8) is 0 Å². The molecular formula is C14H15N5O. The standard InChI is InChI=1S/C14H15N5O/c1-18(2)14-16-12-11(13(20)17-14)15-9-19(12)8-10-6-4-3-5-7-10/h3-7,9H,8H2,1-2H3,(H,16,17,20). The molecule has 0 saturated carbocycles. The Balaban J connectivity index is 2.10. The Labute approximate surface area is 115 Å². The zero-order valence-electron chi connectivity index (χ0n) is 11.4. The number of hydrogen-bond donors (Lipinski definition) is 1. The minimum Gasteiger partial charge on any atom is -0.348 e. The fourth-order valence-corrected chi connectivity index (χ4v) is 2.05. The monoisotopic (exact) mass is 269 g/mol. The summed E-state index contributed by atoms with van der Waals surface area (Å²) in [5, 5.41) is 0. The molecule has 6 heteroatoms.